The summed E-state index contributed by atoms with van der Waals surface area (Å²) in [6, 6.07) is 0. The van der Waals surface area contributed by atoms with Crippen LogP contribution in [0, 0.1) is 0 Å². The molecule has 0 amide bonds. The van der Waals surface area contributed by atoms with E-state index < -0.39 is 22.7 Å². The molecule has 0 unspecified atom stereocenters. The molecule has 0 fully saturated rings. The van der Waals surface area contributed by atoms with Crippen LogP contribution in [0.1, 0.15) is 32.1 Å². The maximum absolute atomic E-state index is 10.5. The fraction of sp³-hybridized carbons (Fsp3) is 0.733. The highest BCUT2D eigenvalue weighted by Crippen LogP contribution is 1.97. The van der Waals surface area contributed by atoms with E-state index in [0.717, 1.165) is 0 Å². The second-order valence-corrected chi connectivity index (χ2v) is 5.88. The van der Waals surface area contributed by atoms with Gasteiger partial charge in [-0.05, 0) is 6.42 Å². The van der Waals surface area contributed by atoms with E-state index in [1.54, 1.807) is 12.5 Å². The Labute approximate surface area is 150 Å². The van der Waals surface area contributed by atoms with Crippen LogP contribution in [0.3, 0.4) is 0 Å². The lowest BCUT2D eigenvalue weighted by atomic mass is 10.2. The minimum absolute atomic E-state index is 0.0865. The third-order valence-corrected chi connectivity index (χ3v) is 2.21. The summed E-state index contributed by atoms with van der Waals surface area (Å²) in [5, 5.41) is 0. The van der Waals surface area contributed by atoms with Crippen molar-refractivity contribution in [1.82, 2.24) is 0 Å². The smallest absolute Gasteiger partial charge is 0.306 e. The zero-order chi connectivity index (χ0) is 20.3. The maximum Gasteiger partial charge on any atom is 0.306 e. The number of hydrogen-bond acceptors (Lipinski definition) is 9. The van der Waals surface area contributed by atoms with Crippen LogP contribution in [0.5, 0.6) is 0 Å². The van der Waals surface area contributed by atoms with Gasteiger partial charge in [-0.15, -0.1) is 0 Å². The van der Waals surface area contributed by atoms with Crippen molar-refractivity contribution in [2.75, 3.05) is 41.0 Å². The number of methoxy groups -OCH3 is 4. The lowest BCUT2D eigenvalue weighted by Crippen LogP contribution is -2.06. The standard InChI is InChI=1S/C7H12O4.C6H10O4.C2H6OS/c1-10-6(8)4-3-5-7(9)11-2;1-9-5(7)3-4-6(8)10-2;1-4(2)3/h3-5H2,1-2H3;3-4H2,1-2H3;1-2H3. The molecule has 0 aromatic heterocycles. The summed E-state index contributed by atoms with van der Waals surface area (Å²) >= 11 is 0. The number of carbonyl (C=O) groups excluding carboxylic acids is 4. The second kappa shape index (κ2) is 20.1. The Morgan fingerprint density at radius 1 is 0.600 bits per heavy atom. The van der Waals surface area contributed by atoms with Crippen LogP contribution in [0.25, 0.3) is 0 Å². The zero-order valence-corrected chi connectivity index (χ0v) is 16.4. The van der Waals surface area contributed by atoms with Gasteiger partial charge in [-0.2, -0.15) is 0 Å². The lowest BCUT2D eigenvalue weighted by molar-refractivity contribution is -0.147. The van der Waals surface area contributed by atoms with Crippen molar-refractivity contribution < 1.29 is 42.3 Å². The van der Waals surface area contributed by atoms with Crippen LogP contribution in [-0.2, 0) is 48.9 Å². The van der Waals surface area contributed by atoms with E-state index in [-0.39, 0.29) is 37.6 Å². The molecule has 0 aliphatic heterocycles. The summed E-state index contributed by atoms with van der Waals surface area (Å²) in [7, 11) is 4.58. The van der Waals surface area contributed by atoms with Crippen molar-refractivity contribution in [1.29, 1.82) is 0 Å². The molecule has 0 bridgehead atoms. The van der Waals surface area contributed by atoms with E-state index in [2.05, 4.69) is 18.9 Å². The summed E-state index contributed by atoms with van der Waals surface area (Å²) in [5.74, 6) is -1.39. The Hall–Kier alpha value is -1.97. The first-order valence-corrected chi connectivity index (χ1v) is 9.13. The van der Waals surface area contributed by atoms with Gasteiger partial charge in [-0.25, -0.2) is 0 Å². The van der Waals surface area contributed by atoms with Crippen LogP contribution in [0.2, 0.25) is 0 Å². The van der Waals surface area contributed by atoms with Crippen molar-refractivity contribution >= 4 is 34.7 Å². The van der Waals surface area contributed by atoms with Gasteiger partial charge >= 0.3 is 23.9 Å². The molecule has 0 aliphatic rings. The summed E-state index contributed by atoms with van der Waals surface area (Å²) < 4.78 is 26.9. The normalized spacial score (nSPS) is 8.76. The summed E-state index contributed by atoms with van der Waals surface area (Å²) in [5.41, 5.74) is 0. The first kappa shape index (κ1) is 27.9. The van der Waals surface area contributed by atoms with Crippen LogP contribution >= 0.6 is 0 Å². The van der Waals surface area contributed by atoms with E-state index in [4.69, 9.17) is 0 Å². The molecule has 0 saturated heterocycles. The molecule has 0 N–H and O–H groups in total. The van der Waals surface area contributed by atoms with Crippen molar-refractivity contribution in [3.8, 4) is 0 Å². The molecule has 0 spiro atoms. The minimum atomic E-state index is -0.611. The summed E-state index contributed by atoms with van der Waals surface area (Å²) in [6.07, 6.45) is 4.48. The lowest BCUT2D eigenvalue weighted by Gasteiger charge is -1.97. The highest BCUT2D eigenvalue weighted by molar-refractivity contribution is 7.83. The monoisotopic (exact) mass is 384 g/mol. The largest absolute Gasteiger partial charge is 0.469 e. The van der Waals surface area contributed by atoms with Gasteiger partial charge in [-0.1, -0.05) is 0 Å². The van der Waals surface area contributed by atoms with Gasteiger partial charge in [0.25, 0.3) is 0 Å². The summed E-state index contributed by atoms with van der Waals surface area (Å²) in [6.45, 7) is 0. The fourth-order valence-electron chi connectivity index (χ4n) is 0.989. The van der Waals surface area contributed by atoms with Gasteiger partial charge in [0.1, 0.15) is 0 Å². The van der Waals surface area contributed by atoms with Crippen LogP contribution < -0.4 is 0 Å². The topological polar surface area (TPSA) is 122 Å². The van der Waals surface area contributed by atoms with Crippen LogP contribution in [0.4, 0.5) is 0 Å². The average molecular weight is 384 g/mol. The Balaban J connectivity index is -0.000000321. The van der Waals surface area contributed by atoms with Crippen molar-refractivity contribution in [3.05, 3.63) is 0 Å². The number of carbonyl (C=O) groups is 4. The second-order valence-electron chi connectivity index (χ2n) is 4.40. The molecular formula is C15H28O9S. The van der Waals surface area contributed by atoms with Gasteiger partial charge in [0.2, 0.25) is 0 Å². The molecule has 0 radical (unpaired) electrons. The third kappa shape index (κ3) is 30.5. The summed E-state index contributed by atoms with van der Waals surface area (Å²) in [4.78, 5) is 41.8. The van der Waals surface area contributed by atoms with Crippen molar-refractivity contribution in [3.63, 3.8) is 0 Å². The van der Waals surface area contributed by atoms with Gasteiger partial charge < -0.3 is 18.9 Å². The first-order chi connectivity index (χ1) is 11.6. The predicted octanol–water partition coefficient (Wildman–Crippen LogP) is 0.610. The van der Waals surface area contributed by atoms with Crippen molar-refractivity contribution in [2.45, 2.75) is 32.1 Å². The molecular weight excluding hydrogens is 356 g/mol. The molecule has 0 aromatic rings. The Kier molecular flexibility index (Phi) is 22.4. The highest BCUT2D eigenvalue weighted by Gasteiger charge is 2.05. The van der Waals surface area contributed by atoms with Crippen LogP contribution in [-0.4, -0.2) is 69.0 Å². The van der Waals surface area contributed by atoms with Gasteiger partial charge in [0, 0.05) is 36.2 Å². The van der Waals surface area contributed by atoms with Crippen molar-refractivity contribution in [2.24, 2.45) is 0 Å². The fourth-order valence-corrected chi connectivity index (χ4v) is 0.989. The van der Waals surface area contributed by atoms with E-state index in [1.807, 2.05) is 0 Å². The Morgan fingerprint density at radius 2 is 0.800 bits per heavy atom. The molecule has 0 aliphatic carbocycles. The maximum atomic E-state index is 10.5. The quantitative estimate of drug-likeness (QED) is 0.459. The molecule has 0 atom stereocenters. The average Bonchev–Trinajstić information content (AvgIpc) is 2.58. The molecule has 148 valence electrons. The molecule has 0 heterocycles. The zero-order valence-electron chi connectivity index (χ0n) is 15.6. The Morgan fingerprint density at radius 3 is 1.00 bits per heavy atom. The minimum Gasteiger partial charge on any atom is -0.469 e. The first-order valence-electron chi connectivity index (χ1n) is 7.16. The number of hydrogen-bond donors (Lipinski definition) is 0. The van der Waals surface area contributed by atoms with E-state index >= 15 is 0 Å². The SMILES string of the molecule is COC(=O)CCC(=O)OC.COC(=O)CCCC(=O)OC.CS(C)=O. The Bertz CT molecular complexity index is 385. The van der Waals surface area contributed by atoms with E-state index in [1.165, 1.54) is 28.4 Å². The molecule has 9 nitrogen and oxygen atoms in total. The molecule has 0 saturated carbocycles. The molecule has 0 rings (SSSR count). The van der Waals surface area contributed by atoms with Gasteiger partial charge in [0.05, 0.1) is 41.3 Å². The number of esters is 4. The number of rotatable bonds is 7. The predicted molar refractivity (Wildman–Crippen MR) is 91.1 cm³/mol. The highest BCUT2D eigenvalue weighted by atomic mass is 32.2. The molecule has 0 aromatic carbocycles. The van der Waals surface area contributed by atoms with Crippen LogP contribution in [0.15, 0.2) is 0 Å². The number of ether oxygens (including phenoxy) is 4. The molecule has 25 heavy (non-hydrogen) atoms. The van der Waals surface area contributed by atoms with Gasteiger partial charge in [0.15, 0.2) is 0 Å². The van der Waals surface area contributed by atoms with Gasteiger partial charge in [-0.3, -0.25) is 23.4 Å². The van der Waals surface area contributed by atoms with E-state index in [0.29, 0.717) is 6.42 Å². The van der Waals surface area contributed by atoms with E-state index in [9.17, 15) is 23.4 Å². The molecule has 10 heteroatoms. The third-order valence-electron chi connectivity index (χ3n) is 2.21.